The van der Waals surface area contributed by atoms with E-state index >= 15 is 0 Å². The zero-order valence-corrected chi connectivity index (χ0v) is 10.2. The zero-order valence-electron chi connectivity index (χ0n) is 10.2. The van der Waals surface area contributed by atoms with Crippen molar-refractivity contribution in [3.63, 3.8) is 0 Å². The molecule has 1 heterocycles. The molecule has 1 saturated heterocycles. The molecule has 0 aromatic heterocycles. The highest BCUT2D eigenvalue weighted by molar-refractivity contribution is 5.70. The molecule has 1 aliphatic rings. The van der Waals surface area contributed by atoms with Crippen LogP contribution < -0.4 is 0 Å². The van der Waals surface area contributed by atoms with Crippen LogP contribution in [0.5, 0.6) is 0 Å². The molecule has 0 saturated carbocycles. The number of cyclic esters (lactones) is 1. The molecule has 88 valence electrons. The summed E-state index contributed by atoms with van der Waals surface area (Å²) in [5.74, 6) is 0.0217. The van der Waals surface area contributed by atoms with Gasteiger partial charge in [0, 0.05) is 6.42 Å². The largest absolute Gasteiger partial charge is 0.459 e. The van der Waals surface area contributed by atoms with Gasteiger partial charge in [-0.1, -0.05) is 26.7 Å². The van der Waals surface area contributed by atoms with Crippen molar-refractivity contribution in [2.24, 2.45) is 0 Å². The van der Waals surface area contributed by atoms with E-state index in [0.29, 0.717) is 6.42 Å². The lowest BCUT2D eigenvalue weighted by Crippen LogP contribution is -2.38. The Bertz CT molecular complexity index is 191. The van der Waals surface area contributed by atoms with E-state index in [1.165, 1.54) is 25.7 Å². The van der Waals surface area contributed by atoms with Crippen LogP contribution in [0.15, 0.2) is 0 Å². The normalized spacial score (nSPS) is 20.0. The van der Waals surface area contributed by atoms with Crippen LogP contribution in [0, 0.1) is 0 Å². The molecule has 0 spiro atoms. The van der Waals surface area contributed by atoms with E-state index in [1.54, 1.807) is 0 Å². The zero-order chi connectivity index (χ0) is 11.1. The lowest BCUT2D eigenvalue weighted by atomic mass is 9.84. The van der Waals surface area contributed by atoms with E-state index in [2.05, 4.69) is 13.8 Å². The van der Waals surface area contributed by atoms with Gasteiger partial charge in [-0.2, -0.15) is 0 Å². The Hall–Kier alpha value is -0.530. The molecule has 1 fully saturated rings. The van der Waals surface area contributed by atoms with Crippen LogP contribution in [-0.4, -0.2) is 11.6 Å². The lowest BCUT2D eigenvalue weighted by Gasteiger charge is -2.37. The molecule has 0 amide bonds. The monoisotopic (exact) mass is 212 g/mol. The molecule has 0 bridgehead atoms. The number of carbonyl (C=O) groups is 1. The van der Waals surface area contributed by atoms with Crippen molar-refractivity contribution < 1.29 is 9.53 Å². The summed E-state index contributed by atoms with van der Waals surface area (Å²) in [6.07, 6.45) is 9.58. The summed E-state index contributed by atoms with van der Waals surface area (Å²) < 4.78 is 5.64. The molecule has 15 heavy (non-hydrogen) atoms. The van der Waals surface area contributed by atoms with E-state index < -0.39 is 0 Å². The van der Waals surface area contributed by atoms with Crippen LogP contribution in [0.4, 0.5) is 0 Å². The number of ether oxygens (including phenoxy) is 1. The van der Waals surface area contributed by atoms with Gasteiger partial charge in [-0.05, 0) is 38.5 Å². The third-order valence-corrected chi connectivity index (χ3v) is 3.32. The molecule has 2 nitrogen and oxygen atoms in total. The molecule has 0 atom stereocenters. The molecule has 0 aliphatic carbocycles. The minimum Gasteiger partial charge on any atom is -0.459 e. The van der Waals surface area contributed by atoms with Crippen molar-refractivity contribution >= 4 is 5.97 Å². The van der Waals surface area contributed by atoms with E-state index in [4.69, 9.17) is 4.74 Å². The van der Waals surface area contributed by atoms with Crippen molar-refractivity contribution in [2.75, 3.05) is 0 Å². The standard InChI is InChI=1S/C13H24O2/c1-3-5-9-13(10-6-4-2)11-7-8-12(14)15-13/h3-11H2,1-2H3. The summed E-state index contributed by atoms with van der Waals surface area (Å²) >= 11 is 0. The molecule has 0 aromatic carbocycles. The van der Waals surface area contributed by atoms with Gasteiger partial charge in [0.15, 0.2) is 0 Å². The third kappa shape index (κ3) is 3.84. The molecule has 1 rings (SSSR count). The van der Waals surface area contributed by atoms with Gasteiger partial charge in [0.25, 0.3) is 0 Å². The first kappa shape index (κ1) is 12.5. The lowest BCUT2D eigenvalue weighted by molar-refractivity contribution is -0.169. The average molecular weight is 212 g/mol. The van der Waals surface area contributed by atoms with Gasteiger partial charge in [0.2, 0.25) is 0 Å². The molecule has 0 unspecified atom stereocenters. The predicted octanol–water partition coefficient (Wildman–Crippen LogP) is 3.83. The van der Waals surface area contributed by atoms with Crippen molar-refractivity contribution in [1.82, 2.24) is 0 Å². The second kappa shape index (κ2) is 6.14. The van der Waals surface area contributed by atoms with Gasteiger partial charge in [-0.25, -0.2) is 0 Å². The summed E-state index contributed by atoms with van der Waals surface area (Å²) in [5, 5.41) is 0. The number of carbonyl (C=O) groups excluding carboxylic acids is 1. The average Bonchev–Trinajstić information content (AvgIpc) is 2.24. The number of rotatable bonds is 6. The molecule has 1 aliphatic heterocycles. The molecular formula is C13H24O2. The van der Waals surface area contributed by atoms with Crippen LogP contribution >= 0.6 is 0 Å². The first-order valence-electron chi connectivity index (χ1n) is 6.44. The molecule has 0 aromatic rings. The second-order valence-electron chi connectivity index (χ2n) is 4.72. The molecule has 0 N–H and O–H groups in total. The Balaban J connectivity index is 2.53. The highest BCUT2D eigenvalue weighted by atomic mass is 16.6. The fourth-order valence-corrected chi connectivity index (χ4v) is 2.37. The van der Waals surface area contributed by atoms with Crippen LogP contribution in [-0.2, 0) is 9.53 Å². The summed E-state index contributed by atoms with van der Waals surface area (Å²) in [7, 11) is 0. The minimum atomic E-state index is -0.0959. The maximum atomic E-state index is 11.4. The molecular weight excluding hydrogens is 188 g/mol. The molecule has 0 radical (unpaired) electrons. The van der Waals surface area contributed by atoms with Crippen molar-refractivity contribution in [1.29, 1.82) is 0 Å². The Morgan fingerprint density at radius 3 is 2.27 bits per heavy atom. The quantitative estimate of drug-likeness (QED) is 0.625. The van der Waals surface area contributed by atoms with E-state index in [-0.39, 0.29) is 11.6 Å². The number of hydrogen-bond donors (Lipinski definition) is 0. The summed E-state index contributed by atoms with van der Waals surface area (Å²) in [6.45, 7) is 4.39. The van der Waals surface area contributed by atoms with E-state index in [1.807, 2.05) is 0 Å². The van der Waals surface area contributed by atoms with Gasteiger partial charge in [0.05, 0.1) is 0 Å². The van der Waals surface area contributed by atoms with Crippen LogP contribution in [0.25, 0.3) is 0 Å². The minimum absolute atomic E-state index is 0.0217. The maximum absolute atomic E-state index is 11.4. The number of unbranched alkanes of at least 4 members (excludes halogenated alkanes) is 2. The topological polar surface area (TPSA) is 26.3 Å². The van der Waals surface area contributed by atoms with Gasteiger partial charge in [-0.3, -0.25) is 4.79 Å². The number of hydrogen-bond acceptors (Lipinski definition) is 2. The highest BCUT2D eigenvalue weighted by Crippen LogP contribution is 2.35. The Morgan fingerprint density at radius 1 is 1.20 bits per heavy atom. The fraction of sp³-hybridized carbons (Fsp3) is 0.923. The first-order chi connectivity index (χ1) is 7.22. The van der Waals surface area contributed by atoms with Crippen LogP contribution in [0.3, 0.4) is 0 Å². The fourth-order valence-electron chi connectivity index (χ4n) is 2.37. The Morgan fingerprint density at radius 2 is 1.80 bits per heavy atom. The highest BCUT2D eigenvalue weighted by Gasteiger charge is 2.35. The van der Waals surface area contributed by atoms with Gasteiger partial charge in [-0.15, -0.1) is 0 Å². The Kier molecular flexibility index (Phi) is 5.13. The summed E-state index contributed by atoms with van der Waals surface area (Å²) in [5.41, 5.74) is -0.0959. The number of esters is 1. The summed E-state index contributed by atoms with van der Waals surface area (Å²) in [6, 6.07) is 0. The summed E-state index contributed by atoms with van der Waals surface area (Å²) in [4.78, 5) is 11.4. The van der Waals surface area contributed by atoms with Crippen molar-refractivity contribution in [3.05, 3.63) is 0 Å². The van der Waals surface area contributed by atoms with Crippen LogP contribution in [0.2, 0.25) is 0 Å². The van der Waals surface area contributed by atoms with Gasteiger partial charge < -0.3 is 4.74 Å². The molecule has 2 heteroatoms. The first-order valence-corrected chi connectivity index (χ1v) is 6.44. The van der Waals surface area contributed by atoms with E-state index in [9.17, 15) is 4.79 Å². The SMILES string of the molecule is CCCCC1(CCCC)CCCC(=O)O1. The van der Waals surface area contributed by atoms with E-state index in [0.717, 1.165) is 25.7 Å². The van der Waals surface area contributed by atoms with Crippen LogP contribution in [0.1, 0.15) is 71.6 Å². The second-order valence-corrected chi connectivity index (χ2v) is 4.72. The van der Waals surface area contributed by atoms with Crippen molar-refractivity contribution in [3.8, 4) is 0 Å². The Labute approximate surface area is 93.4 Å². The maximum Gasteiger partial charge on any atom is 0.306 e. The van der Waals surface area contributed by atoms with Gasteiger partial charge in [0.1, 0.15) is 5.60 Å². The predicted molar refractivity (Wildman–Crippen MR) is 61.7 cm³/mol. The van der Waals surface area contributed by atoms with Gasteiger partial charge >= 0.3 is 5.97 Å². The smallest absolute Gasteiger partial charge is 0.306 e. The third-order valence-electron chi connectivity index (χ3n) is 3.32. The van der Waals surface area contributed by atoms with Crippen molar-refractivity contribution in [2.45, 2.75) is 77.2 Å².